The SMILES string of the molecule is C=C(CO)[C@@H]1CC[C@]2(NC(=O)OC(C)(C)C)CC[C@]3(C)[C@H](CC[C@@H]4[C@@]5(C)CC=C(c6ccc(C(=O)O)c(F)c6)C(C)(C)[C@@H]5CC[C@]43C)[C@@H]12. The van der Waals surface area contributed by atoms with E-state index in [0.717, 1.165) is 74.5 Å². The van der Waals surface area contributed by atoms with Gasteiger partial charge in [-0.15, -0.1) is 0 Å². The van der Waals surface area contributed by atoms with E-state index in [2.05, 4.69) is 52.6 Å². The third-order valence-corrected chi connectivity index (χ3v) is 15.0. The standard InChI is InChI=1S/C41H58FNO5/c1-24(23-44)26-14-19-41(43-35(47)48-36(2,3)4)21-20-39(8)29(33(26)41)12-13-32-38(7)17-15-28(25-10-11-27(34(45)46)30(42)22-25)37(5,6)31(38)16-18-40(32,39)9/h10-11,15,22,26,29,31-33,44H,1,12-14,16-21,23H2,2-9H3,(H,43,47)(H,45,46)/t26-,29+,31-,32+,33+,38-,39+,40+,41-/m0/s1. The predicted octanol–water partition coefficient (Wildman–Crippen LogP) is 9.42. The second-order valence-corrected chi connectivity index (χ2v) is 18.5. The smallest absolute Gasteiger partial charge is 0.408 e. The van der Waals surface area contributed by atoms with Gasteiger partial charge in [0, 0.05) is 5.54 Å². The first-order valence-electron chi connectivity index (χ1n) is 18.3. The van der Waals surface area contributed by atoms with Crippen LogP contribution < -0.4 is 5.32 Å². The van der Waals surface area contributed by atoms with Crippen LogP contribution in [0.15, 0.2) is 36.4 Å². The molecular formula is C41H58FNO5. The molecule has 0 saturated heterocycles. The number of rotatable bonds is 5. The van der Waals surface area contributed by atoms with Crippen LogP contribution >= 0.6 is 0 Å². The van der Waals surface area contributed by atoms with E-state index in [9.17, 15) is 24.2 Å². The van der Waals surface area contributed by atoms with Gasteiger partial charge in [0.1, 0.15) is 11.4 Å². The van der Waals surface area contributed by atoms with E-state index in [0.29, 0.717) is 17.8 Å². The molecule has 4 saturated carbocycles. The van der Waals surface area contributed by atoms with Crippen molar-refractivity contribution in [2.24, 2.45) is 51.2 Å². The number of ether oxygens (including phenoxy) is 1. The molecule has 6 nitrogen and oxygen atoms in total. The van der Waals surface area contributed by atoms with Crippen molar-refractivity contribution >= 4 is 17.6 Å². The number of carboxylic acid groups (broad SMARTS) is 1. The lowest BCUT2D eigenvalue weighted by Gasteiger charge is -2.72. The fraction of sp³-hybridized carbons (Fsp3) is 0.707. The van der Waals surface area contributed by atoms with Crippen molar-refractivity contribution < 1.29 is 28.9 Å². The van der Waals surface area contributed by atoms with Gasteiger partial charge in [0.25, 0.3) is 0 Å². The normalized spacial score (nSPS) is 40.0. The molecule has 0 bridgehead atoms. The Morgan fingerprint density at radius 3 is 2.31 bits per heavy atom. The Morgan fingerprint density at radius 2 is 1.69 bits per heavy atom. The van der Waals surface area contributed by atoms with Crippen molar-refractivity contribution in [3.8, 4) is 0 Å². The van der Waals surface area contributed by atoms with Crippen molar-refractivity contribution in [3.05, 3.63) is 53.4 Å². The van der Waals surface area contributed by atoms with Gasteiger partial charge in [0.2, 0.25) is 0 Å². The summed E-state index contributed by atoms with van der Waals surface area (Å²) >= 11 is 0. The monoisotopic (exact) mass is 663 g/mol. The molecule has 9 atom stereocenters. The molecule has 7 heteroatoms. The molecule has 0 heterocycles. The molecule has 1 aromatic carbocycles. The molecule has 0 spiro atoms. The van der Waals surface area contributed by atoms with Crippen molar-refractivity contribution in [2.75, 3.05) is 6.61 Å². The minimum atomic E-state index is -1.25. The zero-order chi connectivity index (χ0) is 35.2. The zero-order valence-electron chi connectivity index (χ0n) is 30.5. The van der Waals surface area contributed by atoms with E-state index in [1.807, 2.05) is 20.8 Å². The molecule has 0 aliphatic heterocycles. The van der Waals surface area contributed by atoms with Gasteiger partial charge in [-0.3, -0.25) is 0 Å². The lowest BCUT2D eigenvalue weighted by Crippen LogP contribution is -2.68. The number of carbonyl (C=O) groups is 2. The number of carboxylic acids is 1. The third kappa shape index (κ3) is 5.10. The van der Waals surface area contributed by atoms with Crippen LogP contribution in [0.1, 0.15) is 129 Å². The molecule has 4 fully saturated rings. The van der Waals surface area contributed by atoms with E-state index < -0.39 is 17.4 Å². The van der Waals surface area contributed by atoms with Crippen LogP contribution in [-0.2, 0) is 4.74 Å². The third-order valence-electron chi connectivity index (χ3n) is 15.0. The highest BCUT2D eigenvalue weighted by Gasteiger charge is 2.70. The number of hydrogen-bond acceptors (Lipinski definition) is 4. The summed E-state index contributed by atoms with van der Waals surface area (Å²) in [5.41, 5.74) is 1.54. The lowest BCUT2D eigenvalue weighted by atomic mass is 9.33. The Bertz CT molecular complexity index is 1540. The Kier molecular flexibility index (Phi) is 8.37. The topological polar surface area (TPSA) is 95.9 Å². The first kappa shape index (κ1) is 35.2. The molecule has 1 amide bonds. The summed E-state index contributed by atoms with van der Waals surface area (Å²) in [6.07, 6.45) is 11.0. The van der Waals surface area contributed by atoms with Crippen LogP contribution in [-0.4, -0.2) is 40.0 Å². The predicted molar refractivity (Wildman–Crippen MR) is 187 cm³/mol. The van der Waals surface area contributed by atoms with Crippen LogP contribution in [0, 0.1) is 57.1 Å². The highest BCUT2D eigenvalue weighted by Crippen LogP contribution is 2.76. The number of amides is 1. The van der Waals surface area contributed by atoms with Crippen molar-refractivity contribution in [1.29, 1.82) is 0 Å². The summed E-state index contributed by atoms with van der Waals surface area (Å²) < 4.78 is 20.7. The number of halogens is 1. The average Bonchev–Trinajstić information content (AvgIpc) is 3.34. The van der Waals surface area contributed by atoms with Crippen LogP contribution in [0.25, 0.3) is 5.57 Å². The molecule has 1 aromatic rings. The summed E-state index contributed by atoms with van der Waals surface area (Å²) in [5.74, 6) is -0.286. The van der Waals surface area contributed by atoms with Crippen molar-refractivity contribution in [3.63, 3.8) is 0 Å². The molecular weight excluding hydrogens is 605 g/mol. The van der Waals surface area contributed by atoms with Gasteiger partial charge in [-0.1, -0.05) is 53.3 Å². The molecule has 0 unspecified atom stereocenters. The molecule has 5 aliphatic rings. The number of benzene rings is 1. The lowest BCUT2D eigenvalue weighted by molar-refractivity contribution is -0.219. The molecule has 3 N–H and O–H groups in total. The first-order valence-corrected chi connectivity index (χ1v) is 18.3. The van der Waals surface area contributed by atoms with Gasteiger partial charge >= 0.3 is 12.1 Å². The Hall–Kier alpha value is -2.67. The molecule has 5 aliphatic carbocycles. The van der Waals surface area contributed by atoms with Gasteiger partial charge in [0.15, 0.2) is 0 Å². The Balaban J connectivity index is 1.35. The van der Waals surface area contributed by atoms with E-state index >= 15 is 0 Å². The van der Waals surface area contributed by atoms with E-state index in [-0.39, 0.29) is 57.3 Å². The molecule has 48 heavy (non-hydrogen) atoms. The van der Waals surface area contributed by atoms with E-state index in [1.54, 1.807) is 6.07 Å². The maximum Gasteiger partial charge on any atom is 0.408 e. The van der Waals surface area contributed by atoms with Gasteiger partial charge in [-0.05, 0) is 159 Å². The maximum absolute atomic E-state index is 14.9. The molecule has 0 aromatic heterocycles. The second kappa shape index (κ2) is 11.4. The fourth-order valence-electron chi connectivity index (χ4n) is 12.8. The first-order chi connectivity index (χ1) is 22.2. The van der Waals surface area contributed by atoms with Gasteiger partial charge in [-0.25, -0.2) is 14.0 Å². The minimum Gasteiger partial charge on any atom is -0.478 e. The minimum absolute atomic E-state index is 0.0283. The highest BCUT2D eigenvalue weighted by molar-refractivity contribution is 5.88. The highest BCUT2D eigenvalue weighted by atomic mass is 19.1. The van der Waals surface area contributed by atoms with Gasteiger partial charge in [-0.2, -0.15) is 0 Å². The summed E-state index contributed by atoms with van der Waals surface area (Å²) in [6, 6.07) is 4.59. The van der Waals surface area contributed by atoms with Crippen LogP contribution in [0.3, 0.4) is 0 Å². The number of hydrogen-bond donors (Lipinski definition) is 3. The van der Waals surface area contributed by atoms with Gasteiger partial charge < -0.3 is 20.3 Å². The number of alkyl carbamates (subject to hydrolysis) is 1. The number of fused-ring (bicyclic) bond motifs is 7. The van der Waals surface area contributed by atoms with E-state index in [4.69, 9.17) is 4.74 Å². The van der Waals surface area contributed by atoms with E-state index in [1.165, 1.54) is 12.1 Å². The van der Waals surface area contributed by atoms with Crippen LogP contribution in [0.5, 0.6) is 0 Å². The summed E-state index contributed by atoms with van der Waals surface area (Å²) in [6.45, 7) is 22.3. The number of nitrogens with one attached hydrogen (secondary N) is 1. The number of aliphatic hydroxyl groups is 1. The zero-order valence-corrected chi connectivity index (χ0v) is 30.5. The molecule has 0 radical (unpaired) electrons. The number of carbonyl (C=O) groups excluding carboxylic acids is 1. The van der Waals surface area contributed by atoms with Crippen LogP contribution in [0.2, 0.25) is 0 Å². The van der Waals surface area contributed by atoms with Crippen LogP contribution in [0.4, 0.5) is 9.18 Å². The fourth-order valence-corrected chi connectivity index (χ4v) is 12.8. The van der Waals surface area contributed by atoms with Gasteiger partial charge in [0.05, 0.1) is 12.2 Å². The molecule has 6 rings (SSSR count). The van der Waals surface area contributed by atoms with Crippen molar-refractivity contribution in [1.82, 2.24) is 5.32 Å². The summed E-state index contributed by atoms with van der Waals surface area (Å²) in [4.78, 5) is 24.8. The summed E-state index contributed by atoms with van der Waals surface area (Å²) in [5, 5.41) is 23.1. The second-order valence-electron chi connectivity index (χ2n) is 18.5. The average molecular weight is 664 g/mol. The Morgan fingerprint density at radius 1 is 0.979 bits per heavy atom. The number of allylic oxidation sites excluding steroid dienone is 2. The molecule has 264 valence electrons. The maximum atomic E-state index is 14.9. The summed E-state index contributed by atoms with van der Waals surface area (Å²) in [7, 11) is 0. The Labute approximate surface area is 287 Å². The largest absolute Gasteiger partial charge is 0.478 e. The number of aromatic carboxylic acids is 1. The number of aliphatic hydroxyl groups excluding tert-OH is 1. The van der Waals surface area contributed by atoms with Crippen molar-refractivity contribution in [2.45, 2.75) is 124 Å². The quantitative estimate of drug-likeness (QED) is 0.273.